The van der Waals surface area contributed by atoms with Crippen LogP contribution in [0.1, 0.15) is 25.7 Å². The van der Waals surface area contributed by atoms with Gasteiger partial charge in [0.05, 0.1) is 15.2 Å². The molecular weight excluding hydrogens is 418 g/mol. The molecule has 0 amide bonds. The highest BCUT2D eigenvalue weighted by atomic mass is 32.2. The summed E-state index contributed by atoms with van der Waals surface area (Å²) in [5, 5.41) is 14.7. The minimum Gasteiger partial charge on any atom is -0.376 e. The summed E-state index contributed by atoms with van der Waals surface area (Å²) in [6.45, 7) is 0. The molecule has 8 nitrogen and oxygen atoms in total. The molecule has 0 spiro atoms. The van der Waals surface area contributed by atoms with Gasteiger partial charge in [-0.25, -0.2) is 26.2 Å². The average molecular weight is 436 g/mol. The third-order valence-electron chi connectivity index (χ3n) is 5.22. The van der Waals surface area contributed by atoms with Crippen molar-refractivity contribution in [3.63, 3.8) is 0 Å². The summed E-state index contributed by atoms with van der Waals surface area (Å²) in [7, 11) is -3.96. The van der Waals surface area contributed by atoms with Gasteiger partial charge in [0.25, 0.3) is 10.0 Å². The fourth-order valence-corrected chi connectivity index (χ4v) is 4.95. The molecular formula is C19H18F2N4O4S. The van der Waals surface area contributed by atoms with E-state index in [2.05, 4.69) is 10.3 Å². The van der Waals surface area contributed by atoms with Crippen molar-refractivity contribution >= 4 is 32.4 Å². The quantitative estimate of drug-likeness (QED) is 0.475. The van der Waals surface area contributed by atoms with Gasteiger partial charge >= 0.3 is 5.69 Å². The first-order chi connectivity index (χ1) is 14.2. The third kappa shape index (κ3) is 3.60. The number of fused-ring (bicyclic) bond motifs is 1. The lowest BCUT2D eigenvalue weighted by Gasteiger charge is -2.29. The van der Waals surface area contributed by atoms with Gasteiger partial charge in [-0.3, -0.25) is 10.1 Å². The monoisotopic (exact) mass is 436 g/mol. The molecule has 0 aliphatic heterocycles. The summed E-state index contributed by atoms with van der Waals surface area (Å²) in [4.78, 5) is 14.9. The van der Waals surface area contributed by atoms with E-state index in [0.29, 0.717) is 0 Å². The van der Waals surface area contributed by atoms with E-state index in [4.69, 9.17) is 0 Å². The zero-order valence-corrected chi connectivity index (χ0v) is 16.5. The van der Waals surface area contributed by atoms with Gasteiger partial charge in [-0.2, -0.15) is 0 Å². The molecule has 1 saturated carbocycles. The molecule has 2 aromatic heterocycles. The number of hydrogen-bond acceptors (Lipinski definition) is 6. The maximum Gasteiger partial charge on any atom is 0.311 e. The van der Waals surface area contributed by atoms with Crippen LogP contribution in [0.3, 0.4) is 0 Å². The van der Waals surface area contributed by atoms with Crippen molar-refractivity contribution in [2.24, 2.45) is 0 Å². The van der Waals surface area contributed by atoms with Gasteiger partial charge in [0, 0.05) is 25.1 Å². The molecule has 3 aromatic rings. The van der Waals surface area contributed by atoms with Gasteiger partial charge in [-0.1, -0.05) is 18.2 Å². The fourth-order valence-electron chi connectivity index (χ4n) is 3.63. The Labute approximate surface area is 170 Å². The number of rotatable bonds is 5. The second-order valence-electron chi connectivity index (χ2n) is 7.22. The normalized spacial score (nSPS) is 17.1. The van der Waals surface area contributed by atoms with E-state index in [1.165, 1.54) is 24.4 Å². The molecule has 0 saturated heterocycles. The van der Waals surface area contributed by atoms with E-state index in [0.717, 1.165) is 10.2 Å². The molecule has 1 aliphatic carbocycles. The summed E-state index contributed by atoms with van der Waals surface area (Å²) in [6.07, 6.45) is 1.95. The Balaban J connectivity index is 1.78. The van der Waals surface area contributed by atoms with Gasteiger partial charge in [-0.05, 0) is 31.0 Å². The predicted molar refractivity (Wildman–Crippen MR) is 106 cm³/mol. The first-order valence-corrected chi connectivity index (χ1v) is 10.7. The van der Waals surface area contributed by atoms with Crippen molar-refractivity contribution in [1.82, 2.24) is 8.96 Å². The summed E-state index contributed by atoms with van der Waals surface area (Å²) >= 11 is 0. The van der Waals surface area contributed by atoms with E-state index >= 15 is 0 Å². The Bertz CT molecular complexity index is 1200. The number of anilines is 1. The van der Waals surface area contributed by atoms with Crippen molar-refractivity contribution < 1.29 is 22.1 Å². The van der Waals surface area contributed by atoms with Crippen LogP contribution in [0, 0.1) is 10.1 Å². The standard InChI is InChI=1S/C19H18F2N4O4S/c20-19(21)9-6-13(7-10-19)23-17-15-8-11-24(18(15)22-12-16(17)25(26)27)30(28,29)14-4-2-1-3-5-14/h1-5,8,11-13H,6-7,9-10H2,(H,22,23). The van der Waals surface area contributed by atoms with Crippen LogP contribution in [0.25, 0.3) is 11.0 Å². The zero-order chi connectivity index (χ0) is 21.5. The van der Waals surface area contributed by atoms with Crippen molar-refractivity contribution in [1.29, 1.82) is 0 Å². The van der Waals surface area contributed by atoms with Gasteiger partial charge in [-0.15, -0.1) is 0 Å². The first-order valence-electron chi connectivity index (χ1n) is 9.28. The van der Waals surface area contributed by atoms with Crippen LogP contribution in [-0.2, 0) is 10.0 Å². The number of benzene rings is 1. The van der Waals surface area contributed by atoms with Crippen molar-refractivity contribution in [2.75, 3.05) is 5.32 Å². The topological polar surface area (TPSA) is 107 Å². The number of nitro groups is 1. The molecule has 158 valence electrons. The van der Waals surface area contributed by atoms with Gasteiger partial charge in [0.15, 0.2) is 5.65 Å². The Hall–Kier alpha value is -3.08. The van der Waals surface area contributed by atoms with Crippen LogP contribution in [0.4, 0.5) is 20.2 Å². The van der Waals surface area contributed by atoms with E-state index in [1.54, 1.807) is 18.2 Å². The summed E-state index contributed by atoms with van der Waals surface area (Å²) < 4.78 is 53.8. The lowest BCUT2D eigenvalue weighted by Crippen LogP contribution is -2.32. The highest BCUT2D eigenvalue weighted by molar-refractivity contribution is 7.90. The number of aromatic nitrogens is 2. The molecule has 1 N–H and O–H groups in total. The molecule has 2 heterocycles. The maximum atomic E-state index is 13.5. The molecule has 0 bridgehead atoms. The number of alkyl halides is 2. The molecule has 0 radical (unpaired) electrons. The van der Waals surface area contributed by atoms with Crippen LogP contribution in [0.5, 0.6) is 0 Å². The minimum atomic E-state index is -3.96. The number of hydrogen-bond donors (Lipinski definition) is 1. The second-order valence-corrected chi connectivity index (χ2v) is 9.03. The number of pyridine rings is 1. The number of halogens is 2. The SMILES string of the molecule is O=[N+]([O-])c1cnc2c(ccn2S(=O)(=O)c2ccccc2)c1NC1CCC(F)(F)CC1. The van der Waals surface area contributed by atoms with Crippen LogP contribution in [0.2, 0.25) is 0 Å². The van der Waals surface area contributed by atoms with E-state index < -0.39 is 20.9 Å². The Kier molecular flexibility index (Phi) is 4.92. The Morgan fingerprint density at radius 2 is 1.83 bits per heavy atom. The van der Waals surface area contributed by atoms with E-state index in [1.807, 2.05) is 0 Å². The van der Waals surface area contributed by atoms with Gasteiger partial charge in [0.1, 0.15) is 11.9 Å². The van der Waals surface area contributed by atoms with E-state index in [9.17, 15) is 27.3 Å². The predicted octanol–water partition coefficient (Wildman–Crippen LogP) is 4.17. The summed E-state index contributed by atoms with van der Waals surface area (Å²) in [5.74, 6) is -2.73. The van der Waals surface area contributed by atoms with Crippen LogP contribution >= 0.6 is 0 Å². The molecule has 1 aromatic carbocycles. The Morgan fingerprint density at radius 3 is 2.47 bits per heavy atom. The molecule has 30 heavy (non-hydrogen) atoms. The smallest absolute Gasteiger partial charge is 0.311 e. The zero-order valence-electron chi connectivity index (χ0n) is 15.7. The van der Waals surface area contributed by atoms with Gasteiger partial charge < -0.3 is 5.32 Å². The fraction of sp³-hybridized carbons (Fsp3) is 0.316. The van der Waals surface area contributed by atoms with Gasteiger partial charge in [0.2, 0.25) is 5.92 Å². The summed E-state index contributed by atoms with van der Waals surface area (Å²) in [5.41, 5.74) is -0.231. The molecule has 4 rings (SSSR count). The lowest BCUT2D eigenvalue weighted by atomic mass is 9.92. The van der Waals surface area contributed by atoms with Crippen LogP contribution < -0.4 is 5.32 Å². The average Bonchev–Trinajstić information content (AvgIpc) is 3.15. The molecule has 11 heteroatoms. The highest BCUT2D eigenvalue weighted by Crippen LogP contribution is 2.38. The Morgan fingerprint density at radius 1 is 1.17 bits per heavy atom. The van der Waals surface area contributed by atoms with Crippen molar-refractivity contribution in [3.8, 4) is 0 Å². The molecule has 1 aliphatic rings. The lowest BCUT2D eigenvalue weighted by molar-refractivity contribution is -0.384. The second kappa shape index (κ2) is 7.31. The third-order valence-corrected chi connectivity index (χ3v) is 6.90. The van der Waals surface area contributed by atoms with Crippen molar-refractivity contribution in [2.45, 2.75) is 42.5 Å². The van der Waals surface area contributed by atoms with Crippen LogP contribution in [-0.4, -0.2) is 34.3 Å². The number of nitrogens with zero attached hydrogens (tertiary/aromatic N) is 3. The maximum absolute atomic E-state index is 13.5. The number of nitrogens with one attached hydrogen (secondary N) is 1. The minimum absolute atomic E-state index is 0.0214. The largest absolute Gasteiger partial charge is 0.376 e. The van der Waals surface area contributed by atoms with Crippen molar-refractivity contribution in [3.05, 3.63) is 58.9 Å². The molecule has 1 fully saturated rings. The van der Waals surface area contributed by atoms with Crippen LogP contribution in [0.15, 0.2) is 53.7 Å². The molecule has 0 unspecified atom stereocenters. The van der Waals surface area contributed by atoms with E-state index in [-0.39, 0.29) is 59.0 Å². The first kappa shape index (κ1) is 20.2. The summed E-state index contributed by atoms with van der Waals surface area (Å²) in [6, 6.07) is 8.77. The highest BCUT2D eigenvalue weighted by Gasteiger charge is 2.36. The molecule has 0 atom stereocenters.